The number of nitrogens with one attached hydrogen (secondary N) is 1. The quantitative estimate of drug-likeness (QED) is 0.582. The molecule has 0 aliphatic heterocycles. The highest BCUT2D eigenvalue weighted by Crippen LogP contribution is 2.11. The van der Waals surface area contributed by atoms with Crippen molar-refractivity contribution in [2.24, 2.45) is 5.73 Å². The highest BCUT2D eigenvalue weighted by atomic mass is 16.6. The van der Waals surface area contributed by atoms with Crippen LogP contribution in [0.3, 0.4) is 0 Å². The van der Waals surface area contributed by atoms with E-state index in [0.717, 1.165) is 5.56 Å². The van der Waals surface area contributed by atoms with E-state index in [1.54, 1.807) is 20.8 Å². The predicted molar refractivity (Wildman–Crippen MR) is 88.4 cm³/mol. The van der Waals surface area contributed by atoms with E-state index in [1.165, 1.54) is 0 Å². The Bertz CT molecular complexity index is 581. The maximum atomic E-state index is 12.4. The summed E-state index contributed by atoms with van der Waals surface area (Å²) >= 11 is 0. The Labute approximate surface area is 141 Å². The monoisotopic (exact) mass is 336 g/mol. The molecule has 0 aliphatic rings. The number of rotatable bonds is 7. The summed E-state index contributed by atoms with van der Waals surface area (Å²) in [6, 6.07) is 7.55. The van der Waals surface area contributed by atoms with Crippen molar-refractivity contribution in [1.82, 2.24) is 5.32 Å². The van der Waals surface area contributed by atoms with Crippen molar-refractivity contribution in [3.63, 3.8) is 0 Å². The van der Waals surface area contributed by atoms with Crippen LogP contribution in [0.1, 0.15) is 32.8 Å². The zero-order chi connectivity index (χ0) is 18.3. The van der Waals surface area contributed by atoms with Gasteiger partial charge in [0, 0.05) is 6.42 Å². The van der Waals surface area contributed by atoms with Crippen LogP contribution >= 0.6 is 0 Å². The van der Waals surface area contributed by atoms with Crippen LogP contribution in [0.2, 0.25) is 0 Å². The van der Waals surface area contributed by atoms with Gasteiger partial charge in [-0.05, 0) is 26.3 Å². The molecule has 6 N–H and O–H groups in total. The summed E-state index contributed by atoms with van der Waals surface area (Å²) in [5.41, 5.74) is 8.89. The first-order chi connectivity index (χ1) is 11.1. The number of hydrogen-bond donors (Lipinski definition) is 3. The summed E-state index contributed by atoms with van der Waals surface area (Å²) in [7, 11) is 0. The molecule has 0 saturated carbocycles. The van der Waals surface area contributed by atoms with Crippen molar-refractivity contribution in [3.8, 4) is 0 Å². The minimum atomic E-state index is -0.865. The Hall–Kier alpha value is -2.41. The number of esters is 1. The number of nitrogens with two attached hydrogens (primary N) is 1. The lowest BCUT2D eigenvalue weighted by molar-refractivity contribution is -0.402. The lowest BCUT2D eigenvalue weighted by Gasteiger charge is -2.25. The Balaban J connectivity index is 2.86. The van der Waals surface area contributed by atoms with Gasteiger partial charge in [-0.25, -0.2) is 4.79 Å². The number of amides is 2. The number of carbonyl (C=O) groups excluding carboxylic acids is 3. The lowest BCUT2D eigenvalue weighted by Crippen LogP contribution is -2.69. The molecule has 0 spiro atoms. The molecule has 24 heavy (non-hydrogen) atoms. The van der Waals surface area contributed by atoms with Crippen LogP contribution in [0.4, 0.5) is 0 Å². The summed E-state index contributed by atoms with van der Waals surface area (Å²) in [5.74, 6) is -1.67. The molecule has 7 heteroatoms. The van der Waals surface area contributed by atoms with E-state index in [2.05, 4.69) is 11.1 Å². The normalized spacial score (nSPS) is 13.7. The molecule has 0 aliphatic carbocycles. The predicted octanol–water partition coefficient (Wildman–Crippen LogP) is -0.458. The molecule has 0 radical (unpaired) electrons. The second-order valence-electron chi connectivity index (χ2n) is 6.65. The fraction of sp³-hybridized carbons (Fsp3) is 0.471. The van der Waals surface area contributed by atoms with Gasteiger partial charge in [-0.2, -0.15) is 0 Å². The molecule has 0 bridgehead atoms. The Kier molecular flexibility index (Phi) is 6.91. The van der Waals surface area contributed by atoms with Crippen LogP contribution in [0.5, 0.6) is 0 Å². The summed E-state index contributed by atoms with van der Waals surface area (Å²) in [6.45, 7) is 5.26. The summed E-state index contributed by atoms with van der Waals surface area (Å²) in [6.07, 6.45) is 0.100. The molecule has 0 fully saturated rings. The molecule has 1 aromatic carbocycles. The first-order valence-corrected chi connectivity index (χ1v) is 7.77. The Morgan fingerprint density at radius 1 is 1.21 bits per heavy atom. The number of carbonyl (C=O) groups is 3. The first-order valence-electron chi connectivity index (χ1n) is 7.77. The first kappa shape index (κ1) is 19.6. The molecular formula is C17H26N3O4+. The number of benzene rings is 1. The fourth-order valence-corrected chi connectivity index (χ4v) is 2.04. The Morgan fingerprint density at radius 2 is 1.79 bits per heavy atom. The van der Waals surface area contributed by atoms with Crippen molar-refractivity contribution in [1.29, 1.82) is 0 Å². The van der Waals surface area contributed by atoms with Gasteiger partial charge < -0.3 is 21.5 Å². The van der Waals surface area contributed by atoms with Gasteiger partial charge in [0.2, 0.25) is 5.91 Å². The minimum Gasteiger partial charge on any atom is -0.458 e. The van der Waals surface area contributed by atoms with Gasteiger partial charge in [0.1, 0.15) is 11.6 Å². The van der Waals surface area contributed by atoms with Crippen LogP contribution in [0, 0.1) is 0 Å². The SMILES string of the molecule is CC(C)(C)OC(=O)[C@H](Cc1ccccc1)NC(=O)[C@@H]([NH3+])CC(N)=O. The molecule has 132 valence electrons. The van der Waals surface area contributed by atoms with Crippen LogP contribution in [-0.4, -0.2) is 35.5 Å². The largest absolute Gasteiger partial charge is 0.458 e. The summed E-state index contributed by atoms with van der Waals surface area (Å²) in [4.78, 5) is 35.5. The number of primary amides is 1. The maximum absolute atomic E-state index is 12.4. The molecule has 1 rings (SSSR count). The molecule has 2 atom stereocenters. The third-order valence-electron chi connectivity index (χ3n) is 3.11. The zero-order valence-electron chi connectivity index (χ0n) is 14.4. The summed E-state index contributed by atoms with van der Waals surface area (Å²) in [5, 5.41) is 2.61. The van der Waals surface area contributed by atoms with Crippen LogP contribution in [-0.2, 0) is 25.5 Å². The smallest absolute Gasteiger partial charge is 0.329 e. The number of hydrogen-bond acceptors (Lipinski definition) is 4. The third kappa shape index (κ3) is 7.23. The second-order valence-corrected chi connectivity index (χ2v) is 6.65. The van der Waals surface area contributed by atoms with Crippen molar-refractivity contribution >= 4 is 17.8 Å². The van der Waals surface area contributed by atoms with Gasteiger partial charge in [-0.3, -0.25) is 9.59 Å². The minimum absolute atomic E-state index is 0.182. The highest BCUT2D eigenvalue weighted by Gasteiger charge is 2.30. The zero-order valence-corrected chi connectivity index (χ0v) is 14.4. The van der Waals surface area contributed by atoms with Gasteiger partial charge in [-0.15, -0.1) is 0 Å². The number of ether oxygens (including phenoxy) is 1. The van der Waals surface area contributed by atoms with Crippen molar-refractivity contribution in [2.45, 2.75) is 51.3 Å². The molecule has 0 unspecified atom stereocenters. The van der Waals surface area contributed by atoms with Gasteiger partial charge in [0.25, 0.3) is 5.91 Å². The molecule has 2 amide bonds. The van der Waals surface area contributed by atoms with Gasteiger partial charge >= 0.3 is 5.97 Å². The van der Waals surface area contributed by atoms with E-state index in [4.69, 9.17) is 10.5 Å². The van der Waals surface area contributed by atoms with E-state index < -0.39 is 35.5 Å². The fourth-order valence-electron chi connectivity index (χ4n) is 2.04. The van der Waals surface area contributed by atoms with Crippen molar-refractivity contribution < 1.29 is 24.9 Å². The van der Waals surface area contributed by atoms with Crippen LogP contribution in [0.25, 0.3) is 0 Å². The van der Waals surface area contributed by atoms with Gasteiger partial charge in [0.15, 0.2) is 6.04 Å². The van der Waals surface area contributed by atoms with Crippen LogP contribution < -0.4 is 16.8 Å². The standard InChI is InChI=1S/C17H25N3O4/c1-17(2,3)24-16(23)13(9-11-7-5-4-6-8-11)20-15(22)12(18)10-14(19)21/h4-8,12-13H,9-10,18H2,1-3H3,(H2,19,21)(H,20,22)/p+1/t12-,13-/m0/s1. The molecule has 7 nitrogen and oxygen atoms in total. The molecule has 0 aromatic heterocycles. The average Bonchev–Trinajstić information content (AvgIpc) is 2.45. The third-order valence-corrected chi connectivity index (χ3v) is 3.11. The maximum Gasteiger partial charge on any atom is 0.329 e. The van der Waals surface area contributed by atoms with E-state index in [1.807, 2.05) is 30.3 Å². The highest BCUT2D eigenvalue weighted by molar-refractivity contribution is 5.90. The Morgan fingerprint density at radius 3 is 2.29 bits per heavy atom. The van der Waals surface area contributed by atoms with Gasteiger partial charge in [0.05, 0.1) is 6.42 Å². The molecule has 1 aromatic rings. The average molecular weight is 336 g/mol. The van der Waals surface area contributed by atoms with Crippen LogP contribution in [0.15, 0.2) is 30.3 Å². The van der Waals surface area contributed by atoms with E-state index in [9.17, 15) is 14.4 Å². The van der Waals surface area contributed by atoms with Gasteiger partial charge in [-0.1, -0.05) is 30.3 Å². The molecule has 0 saturated heterocycles. The molecular weight excluding hydrogens is 310 g/mol. The van der Waals surface area contributed by atoms with E-state index in [0.29, 0.717) is 0 Å². The summed E-state index contributed by atoms with van der Waals surface area (Å²) < 4.78 is 5.37. The number of quaternary nitrogens is 1. The second kappa shape index (κ2) is 8.44. The van der Waals surface area contributed by atoms with Crippen molar-refractivity contribution in [3.05, 3.63) is 35.9 Å². The van der Waals surface area contributed by atoms with E-state index in [-0.39, 0.29) is 12.8 Å². The van der Waals surface area contributed by atoms with Crippen molar-refractivity contribution in [2.75, 3.05) is 0 Å². The lowest BCUT2D eigenvalue weighted by atomic mass is 10.0. The molecule has 0 heterocycles. The van der Waals surface area contributed by atoms with E-state index >= 15 is 0 Å². The topological polar surface area (TPSA) is 126 Å².